The molecule has 0 spiro atoms. The smallest absolute Gasteiger partial charge is 0.269 e. The standard InChI is InChI=1S/C16H12ClN3O5/c17-13-7-15-14(24-9-25-15)6-11(13)8-18-19-16(21)5-10-1-3-12(4-2-10)20(22)23/h1-4,6-8H,5,9H2,(H,19,21)/b18-8-. The molecule has 1 N–H and O–H groups in total. The third-order valence-electron chi connectivity index (χ3n) is 3.40. The Morgan fingerprint density at radius 1 is 1.28 bits per heavy atom. The van der Waals surface area contributed by atoms with Gasteiger partial charge in [-0.1, -0.05) is 23.7 Å². The number of fused-ring (bicyclic) bond motifs is 1. The van der Waals surface area contributed by atoms with Crippen LogP contribution in [-0.4, -0.2) is 23.8 Å². The zero-order valence-electron chi connectivity index (χ0n) is 12.8. The van der Waals surface area contributed by atoms with Crippen LogP contribution in [0.5, 0.6) is 11.5 Å². The summed E-state index contributed by atoms with van der Waals surface area (Å²) in [4.78, 5) is 21.9. The quantitative estimate of drug-likeness (QED) is 0.501. The van der Waals surface area contributed by atoms with Gasteiger partial charge in [0.15, 0.2) is 11.5 Å². The summed E-state index contributed by atoms with van der Waals surface area (Å²) in [6.45, 7) is 0.137. The largest absolute Gasteiger partial charge is 0.454 e. The lowest BCUT2D eigenvalue weighted by Gasteiger charge is -2.02. The van der Waals surface area contributed by atoms with E-state index in [0.717, 1.165) is 0 Å². The van der Waals surface area contributed by atoms with Crippen molar-refractivity contribution in [2.75, 3.05) is 6.79 Å². The molecule has 8 nitrogen and oxygen atoms in total. The molecule has 0 saturated carbocycles. The van der Waals surface area contributed by atoms with Crippen molar-refractivity contribution in [1.29, 1.82) is 0 Å². The van der Waals surface area contributed by atoms with Gasteiger partial charge >= 0.3 is 0 Å². The number of hydrogen-bond acceptors (Lipinski definition) is 6. The lowest BCUT2D eigenvalue weighted by molar-refractivity contribution is -0.384. The average Bonchev–Trinajstić information content (AvgIpc) is 3.02. The Labute approximate surface area is 147 Å². The number of hydrogen-bond donors (Lipinski definition) is 1. The van der Waals surface area contributed by atoms with Crippen LogP contribution in [0.1, 0.15) is 11.1 Å². The first-order chi connectivity index (χ1) is 12.0. The molecule has 128 valence electrons. The Morgan fingerprint density at radius 3 is 2.64 bits per heavy atom. The first kappa shape index (κ1) is 16.7. The summed E-state index contributed by atoms with van der Waals surface area (Å²) in [5.41, 5.74) is 3.56. The fraction of sp³-hybridized carbons (Fsp3) is 0.125. The van der Waals surface area contributed by atoms with Crippen molar-refractivity contribution in [2.24, 2.45) is 5.10 Å². The van der Waals surface area contributed by atoms with Gasteiger partial charge in [0.2, 0.25) is 12.7 Å². The van der Waals surface area contributed by atoms with Crippen LogP contribution >= 0.6 is 11.6 Å². The molecule has 0 unspecified atom stereocenters. The number of halogens is 1. The van der Waals surface area contributed by atoms with Crippen molar-refractivity contribution >= 4 is 29.4 Å². The Bertz CT molecular complexity index is 852. The number of nitro benzene ring substituents is 1. The Kier molecular flexibility index (Phi) is 4.80. The number of nitro groups is 1. The molecule has 25 heavy (non-hydrogen) atoms. The number of non-ortho nitro benzene ring substituents is 1. The maximum atomic E-state index is 11.9. The van der Waals surface area contributed by atoms with Crippen molar-refractivity contribution in [3.63, 3.8) is 0 Å². The molecule has 3 rings (SSSR count). The molecular formula is C16H12ClN3O5. The number of amides is 1. The van der Waals surface area contributed by atoms with E-state index >= 15 is 0 Å². The van der Waals surface area contributed by atoms with E-state index in [1.165, 1.54) is 30.5 Å². The van der Waals surface area contributed by atoms with Crippen molar-refractivity contribution in [3.05, 3.63) is 62.7 Å². The normalized spacial score (nSPS) is 12.4. The summed E-state index contributed by atoms with van der Waals surface area (Å²) < 4.78 is 10.5. The van der Waals surface area contributed by atoms with Gasteiger partial charge in [-0.15, -0.1) is 0 Å². The molecule has 2 aromatic carbocycles. The molecule has 0 bridgehead atoms. The summed E-state index contributed by atoms with van der Waals surface area (Å²) in [6.07, 6.45) is 1.45. The zero-order chi connectivity index (χ0) is 17.8. The number of ether oxygens (including phenoxy) is 2. The zero-order valence-corrected chi connectivity index (χ0v) is 13.5. The lowest BCUT2D eigenvalue weighted by atomic mass is 10.1. The van der Waals surface area contributed by atoms with E-state index in [2.05, 4.69) is 10.5 Å². The van der Waals surface area contributed by atoms with Crippen LogP contribution in [0.25, 0.3) is 0 Å². The second-order valence-electron chi connectivity index (χ2n) is 5.12. The predicted octanol–water partition coefficient (Wildman–Crippen LogP) is 2.67. The third-order valence-corrected chi connectivity index (χ3v) is 3.72. The number of rotatable bonds is 5. The summed E-state index contributed by atoms with van der Waals surface area (Å²) >= 11 is 6.10. The van der Waals surface area contributed by atoms with Crippen LogP contribution < -0.4 is 14.9 Å². The van der Waals surface area contributed by atoms with E-state index in [4.69, 9.17) is 21.1 Å². The SMILES string of the molecule is O=C(Cc1ccc([N+](=O)[O-])cc1)N/N=C\c1cc2c(cc1Cl)OCO2. The summed E-state index contributed by atoms with van der Waals surface area (Å²) in [7, 11) is 0. The van der Waals surface area contributed by atoms with Gasteiger partial charge < -0.3 is 9.47 Å². The summed E-state index contributed by atoms with van der Waals surface area (Å²) in [6, 6.07) is 9.02. The number of nitrogens with one attached hydrogen (secondary N) is 1. The highest BCUT2D eigenvalue weighted by Crippen LogP contribution is 2.36. The molecule has 0 fully saturated rings. The minimum Gasteiger partial charge on any atom is -0.454 e. The first-order valence-electron chi connectivity index (χ1n) is 7.17. The van der Waals surface area contributed by atoms with Gasteiger partial charge in [0.25, 0.3) is 5.69 Å². The maximum Gasteiger partial charge on any atom is 0.269 e. The maximum absolute atomic E-state index is 11.9. The van der Waals surface area contributed by atoms with Crippen LogP contribution in [0, 0.1) is 10.1 Å². The van der Waals surface area contributed by atoms with Crippen LogP contribution in [0.15, 0.2) is 41.5 Å². The highest BCUT2D eigenvalue weighted by molar-refractivity contribution is 6.33. The molecule has 0 saturated heterocycles. The molecular weight excluding hydrogens is 350 g/mol. The van der Waals surface area contributed by atoms with Gasteiger partial charge in [-0.25, -0.2) is 5.43 Å². The van der Waals surface area contributed by atoms with Crippen LogP contribution in [-0.2, 0) is 11.2 Å². The first-order valence-corrected chi connectivity index (χ1v) is 7.55. The molecule has 0 aliphatic carbocycles. The fourth-order valence-electron chi connectivity index (χ4n) is 2.17. The Balaban J connectivity index is 1.58. The van der Waals surface area contributed by atoms with Crippen molar-refractivity contribution in [2.45, 2.75) is 6.42 Å². The molecule has 0 atom stereocenters. The van der Waals surface area contributed by atoms with Crippen LogP contribution in [0.3, 0.4) is 0 Å². The minimum absolute atomic E-state index is 0.0281. The minimum atomic E-state index is -0.497. The van der Waals surface area contributed by atoms with Crippen molar-refractivity contribution in [3.8, 4) is 11.5 Å². The highest BCUT2D eigenvalue weighted by atomic mass is 35.5. The van der Waals surface area contributed by atoms with E-state index < -0.39 is 4.92 Å². The van der Waals surface area contributed by atoms with Gasteiger partial charge in [0.1, 0.15) is 0 Å². The summed E-state index contributed by atoms with van der Waals surface area (Å²) in [5.74, 6) is 0.759. The fourth-order valence-corrected chi connectivity index (χ4v) is 2.37. The number of carbonyl (C=O) groups excluding carboxylic acids is 1. The van der Waals surface area contributed by atoms with Gasteiger partial charge in [-0.05, 0) is 11.6 Å². The Hall–Kier alpha value is -3.13. The molecule has 2 aromatic rings. The van der Waals surface area contributed by atoms with E-state index in [1.54, 1.807) is 12.1 Å². The van der Waals surface area contributed by atoms with Gasteiger partial charge in [-0.2, -0.15) is 5.10 Å². The number of benzene rings is 2. The van der Waals surface area contributed by atoms with E-state index in [0.29, 0.717) is 27.6 Å². The van der Waals surface area contributed by atoms with E-state index in [1.807, 2.05) is 0 Å². The number of nitrogens with zero attached hydrogens (tertiary/aromatic N) is 2. The molecule has 1 heterocycles. The van der Waals surface area contributed by atoms with Crippen LogP contribution in [0.2, 0.25) is 5.02 Å². The van der Waals surface area contributed by atoms with Gasteiger partial charge in [-0.3, -0.25) is 14.9 Å². The molecule has 0 aromatic heterocycles. The third kappa shape index (κ3) is 4.04. The van der Waals surface area contributed by atoms with E-state index in [9.17, 15) is 14.9 Å². The molecule has 0 radical (unpaired) electrons. The topological polar surface area (TPSA) is 103 Å². The van der Waals surface area contributed by atoms with Gasteiger partial charge in [0, 0.05) is 23.8 Å². The van der Waals surface area contributed by atoms with Crippen LogP contribution in [0.4, 0.5) is 5.69 Å². The lowest BCUT2D eigenvalue weighted by Crippen LogP contribution is -2.19. The predicted molar refractivity (Wildman–Crippen MR) is 90.1 cm³/mol. The van der Waals surface area contributed by atoms with Gasteiger partial charge in [0.05, 0.1) is 22.6 Å². The second-order valence-corrected chi connectivity index (χ2v) is 5.53. The number of carbonyl (C=O) groups is 1. The second kappa shape index (κ2) is 7.18. The molecule has 1 amide bonds. The highest BCUT2D eigenvalue weighted by Gasteiger charge is 2.15. The average molecular weight is 362 g/mol. The summed E-state index contributed by atoms with van der Waals surface area (Å²) in [5, 5.41) is 14.9. The molecule has 1 aliphatic rings. The van der Waals surface area contributed by atoms with Crippen molar-refractivity contribution in [1.82, 2.24) is 5.43 Å². The number of hydrazone groups is 1. The monoisotopic (exact) mass is 361 g/mol. The Morgan fingerprint density at radius 2 is 1.96 bits per heavy atom. The molecule has 9 heteroatoms. The van der Waals surface area contributed by atoms with E-state index in [-0.39, 0.29) is 24.8 Å². The molecule has 1 aliphatic heterocycles. The van der Waals surface area contributed by atoms with Crippen molar-refractivity contribution < 1.29 is 19.2 Å².